The first-order valence-corrected chi connectivity index (χ1v) is 15.5. The molecule has 0 saturated carbocycles. The standard InChI is InChI=1S/C29H29F8NO5S/c30-20-5-7-21(8-6-20)44(41,42)26-12-13-38(25(40)24(39)17-10-14-43-15-11-17)23(26)3-1-2-18-16-19(4-9-22(18)26)27(31,28(32,33)34)29(35,36)37/h4-9,16-17,23-24,39H,1-3,10-15H2/t23-,24?,26-/m0/s1. The van der Waals surface area contributed by atoms with Crippen LogP contribution in [0.4, 0.5) is 35.1 Å². The Morgan fingerprint density at radius 3 is 2.16 bits per heavy atom. The lowest BCUT2D eigenvalue weighted by Crippen LogP contribution is -2.52. The number of hydrogen-bond acceptors (Lipinski definition) is 5. The molecule has 15 heteroatoms. The van der Waals surface area contributed by atoms with E-state index in [1.54, 1.807) is 0 Å². The monoisotopic (exact) mass is 655 g/mol. The van der Waals surface area contributed by atoms with Gasteiger partial charge in [-0.3, -0.25) is 4.79 Å². The van der Waals surface area contributed by atoms with Crippen LogP contribution in [0.1, 0.15) is 48.8 Å². The molecule has 1 aliphatic carbocycles. The van der Waals surface area contributed by atoms with Gasteiger partial charge in [0.1, 0.15) is 16.7 Å². The van der Waals surface area contributed by atoms with Gasteiger partial charge >= 0.3 is 18.0 Å². The topological polar surface area (TPSA) is 83.9 Å². The average Bonchev–Trinajstić information content (AvgIpc) is 3.27. The Labute approximate surface area is 247 Å². The van der Waals surface area contributed by atoms with Gasteiger partial charge in [0.05, 0.1) is 10.9 Å². The van der Waals surface area contributed by atoms with Crippen LogP contribution in [-0.4, -0.2) is 68.6 Å². The maximum atomic E-state index is 15.0. The van der Waals surface area contributed by atoms with Crippen LogP contribution in [0.3, 0.4) is 0 Å². The highest BCUT2D eigenvalue weighted by atomic mass is 32.2. The molecule has 0 aromatic heterocycles. The molecule has 2 saturated heterocycles. The van der Waals surface area contributed by atoms with E-state index in [4.69, 9.17) is 4.74 Å². The van der Waals surface area contributed by atoms with Crippen LogP contribution in [0.15, 0.2) is 47.4 Å². The van der Waals surface area contributed by atoms with Crippen molar-refractivity contribution in [2.45, 2.75) is 78.3 Å². The summed E-state index contributed by atoms with van der Waals surface area (Å²) in [4.78, 5) is 14.5. The lowest BCUT2D eigenvalue weighted by atomic mass is 9.84. The molecule has 242 valence electrons. The predicted octanol–water partition coefficient (Wildman–Crippen LogP) is 5.51. The number of aryl methyl sites for hydroxylation is 1. The fraction of sp³-hybridized carbons (Fsp3) is 0.552. The quantitative estimate of drug-likeness (QED) is 0.340. The summed E-state index contributed by atoms with van der Waals surface area (Å²) in [6, 6.07) is 4.00. The maximum absolute atomic E-state index is 15.0. The molecule has 0 bridgehead atoms. The molecule has 5 rings (SSSR count). The van der Waals surface area contributed by atoms with E-state index in [1.807, 2.05) is 0 Å². The summed E-state index contributed by atoms with van der Waals surface area (Å²) in [5.41, 5.74) is -7.89. The van der Waals surface area contributed by atoms with Gasteiger partial charge in [0.15, 0.2) is 9.84 Å². The third-order valence-electron chi connectivity index (χ3n) is 9.15. The summed E-state index contributed by atoms with van der Waals surface area (Å²) < 4.78 is 143. The molecule has 0 radical (unpaired) electrons. The molecule has 3 aliphatic rings. The van der Waals surface area contributed by atoms with Crippen LogP contribution in [-0.2, 0) is 36.2 Å². The normalized spacial score (nSPS) is 24.4. The van der Waals surface area contributed by atoms with E-state index in [0.717, 1.165) is 30.3 Å². The molecule has 2 aromatic carbocycles. The molecule has 1 N–H and O–H groups in total. The Bertz CT molecular complexity index is 1490. The summed E-state index contributed by atoms with van der Waals surface area (Å²) >= 11 is 0. The van der Waals surface area contributed by atoms with Crippen molar-refractivity contribution < 1.29 is 58.2 Å². The first-order valence-electron chi connectivity index (χ1n) is 14.0. The summed E-state index contributed by atoms with van der Waals surface area (Å²) in [6.45, 7) is 0.412. The molecule has 1 amide bonds. The second kappa shape index (κ2) is 11.2. The highest BCUT2D eigenvalue weighted by molar-refractivity contribution is 7.92. The van der Waals surface area contributed by atoms with E-state index in [1.165, 1.54) is 4.90 Å². The van der Waals surface area contributed by atoms with Gasteiger partial charge in [-0.05, 0) is 79.8 Å². The van der Waals surface area contributed by atoms with Crippen LogP contribution in [0.2, 0.25) is 0 Å². The molecule has 2 aromatic rings. The van der Waals surface area contributed by atoms with Crippen LogP contribution >= 0.6 is 0 Å². The van der Waals surface area contributed by atoms with Gasteiger partial charge in [0.25, 0.3) is 5.91 Å². The number of benzene rings is 2. The Hall–Kier alpha value is -2.78. The third kappa shape index (κ3) is 4.98. The fourth-order valence-electron chi connectivity index (χ4n) is 6.91. The van der Waals surface area contributed by atoms with Gasteiger partial charge in [-0.15, -0.1) is 0 Å². The number of aliphatic hydroxyl groups is 1. The van der Waals surface area contributed by atoms with Gasteiger partial charge in [-0.2, -0.15) is 26.3 Å². The van der Waals surface area contributed by atoms with Crippen molar-refractivity contribution in [3.8, 4) is 0 Å². The number of rotatable bonds is 5. The number of nitrogens with zero attached hydrogens (tertiary/aromatic N) is 1. The highest BCUT2D eigenvalue weighted by Crippen LogP contribution is 2.56. The van der Waals surface area contributed by atoms with Crippen LogP contribution in [0.25, 0.3) is 0 Å². The van der Waals surface area contributed by atoms with Crippen LogP contribution < -0.4 is 0 Å². The van der Waals surface area contributed by atoms with Gasteiger partial charge < -0.3 is 14.7 Å². The zero-order valence-corrected chi connectivity index (χ0v) is 23.9. The minimum Gasteiger partial charge on any atom is -0.383 e. The van der Waals surface area contributed by atoms with Crippen molar-refractivity contribution in [3.05, 3.63) is 65.0 Å². The summed E-state index contributed by atoms with van der Waals surface area (Å²) in [7, 11) is -4.64. The average molecular weight is 656 g/mol. The fourth-order valence-corrected chi connectivity index (χ4v) is 9.28. The Kier molecular flexibility index (Phi) is 8.32. The lowest BCUT2D eigenvalue weighted by Gasteiger charge is -2.39. The number of amides is 1. The van der Waals surface area contributed by atoms with E-state index < -0.39 is 68.0 Å². The maximum Gasteiger partial charge on any atom is 0.435 e. The van der Waals surface area contributed by atoms with E-state index in [9.17, 15) is 49.1 Å². The number of carbonyl (C=O) groups is 1. The van der Waals surface area contributed by atoms with E-state index in [0.29, 0.717) is 32.1 Å². The zero-order valence-electron chi connectivity index (χ0n) is 23.1. The molecule has 2 aliphatic heterocycles. The largest absolute Gasteiger partial charge is 0.435 e. The second-order valence-electron chi connectivity index (χ2n) is 11.5. The Morgan fingerprint density at radius 2 is 1.57 bits per heavy atom. The minimum atomic E-state index is -6.37. The molecule has 2 heterocycles. The van der Waals surface area contributed by atoms with Gasteiger partial charge in [-0.25, -0.2) is 17.2 Å². The van der Waals surface area contributed by atoms with Crippen molar-refractivity contribution in [2.24, 2.45) is 5.92 Å². The van der Waals surface area contributed by atoms with Crippen molar-refractivity contribution in [1.29, 1.82) is 0 Å². The molecule has 44 heavy (non-hydrogen) atoms. The number of carbonyl (C=O) groups excluding carboxylic acids is 1. The summed E-state index contributed by atoms with van der Waals surface area (Å²) in [6.07, 6.45) is -14.1. The smallest absolute Gasteiger partial charge is 0.383 e. The molecule has 3 atom stereocenters. The van der Waals surface area contributed by atoms with Gasteiger partial charge in [-0.1, -0.05) is 18.2 Å². The lowest BCUT2D eigenvalue weighted by molar-refractivity contribution is -0.348. The number of aliphatic hydroxyl groups excluding tert-OH is 1. The Morgan fingerprint density at radius 1 is 0.955 bits per heavy atom. The summed E-state index contributed by atoms with van der Waals surface area (Å²) in [5.74, 6) is -1.98. The second-order valence-corrected chi connectivity index (χ2v) is 13.7. The number of likely N-dealkylation sites (tertiary alicyclic amines) is 1. The molecule has 0 spiro atoms. The number of sulfone groups is 1. The SMILES string of the molecule is O=C(C(O)C1CCOCC1)N1CC[C@]2(S(=O)(=O)c3ccc(F)cc3)c3ccc(C(F)(C(F)(F)F)C(F)(F)F)cc3CCC[C@H]12. The first kappa shape index (κ1) is 32.6. The van der Waals surface area contributed by atoms with Crippen molar-refractivity contribution in [2.75, 3.05) is 19.8 Å². The van der Waals surface area contributed by atoms with Gasteiger partial charge in [0.2, 0.25) is 0 Å². The molecule has 1 unspecified atom stereocenters. The molecular weight excluding hydrogens is 626 g/mol. The van der Waals surface area contributed by atoms with Crippen molar-refractivity contribution >= 4 is 15.7 Å². The summed E-state index contributed by atoms with van der Waals surface area (Å²) in [5, 5.41) is 11.0. The number of alkyl halides is 7. The third-order valence-corrected chi connectivity index (χ3v) is 11.7. The number of hydrogen-bond donors (Lipinski definition) is 1. The van der Waals surface area contributed by atoms with Crippen LogP contribution in [0.5, 0.6) is 0 Å². The van der Waals surface area contributed by atoms with Crippen molar-refractivity contribution in [3.63, 3.8) is 0 Å². The van der Waals surface area contributed by atoms with Crippen molar-refractivity contribution in [1.82, 2.24) is 4.90 Å². The molecule has 6 nitrogen and oxygen atoms in total. The minimum absolute atomic E-state index is 0.0241. The number of halogens is 8. The predicted molar refractivity (Wildman–Crippen MR) is 139 cm³/mol. The number of ether oxygens (including phenoxy) is 1. The van der Waals surface area contributed by atoms with E-state index >= 15 is 4.39 Å². The highest BCUT2D eigenvalue weighted by Gasteiger charge is 2.73. The Balaban J connectivity index is 1.68. The van der Waals surface area contributed by atoms with Gasteiger partial charge in [0, 0.05) is 25.3 Å². The molecule has 2 fully saturated rings. The van der Waals surface area contributed by atoms with Crippen LogP contribution in [0, 0.1) is 11.7 Å². The number of fused-ring (bicyclic) bond motifs is 3. The van der Waals surface area contributed by atoms with E-state index in [2.05, 4.69) is 0 Å². The molecular formula is C29H29F8NO5S. The first-order chi connectivity index (χ1) is 20.5. The zero-order chi connectivity index (χ0) is 32.3. The van der Waals surface area contributed by atoms with E-state index in [-0.39, 0.29) is 54.3 Å².